The molecular formula is C16H12BrN2O. The van der Waals surface area contributed by atoms with Gasteiger partial charge in [-0.1, -0.05) is 28.1 Å². The van der Waals surface area contributed by atoms with Crippen LogP contribution in [0.3, 0.4) is 0 Å². The van der Waals surface area contributed by atoms with Gasteiger partial charge in [0.25, 0.3) is 5.56 Å². The summed E-state index contributed by atoms with van der Waals surface area (Å²) in [5.41, 5.74) is 3.89. The molecule has 0 N–H and O–H groups in total. The van der Waals surface area contributed by atoms with E-state index >= 15 is 0 Å². The molecule has 3 nitrogen and oxygen atoms in total. The summed E-state index contributed by atoms with van der Waals surface area (Å²) >= 11 is 3.49. The minimum absolute atomic E-state index is 0.0730. The highest BCUT2D eigenvalue weighted by Crippen LogP contribution is 2.26. The first kappa shape index (κ1) is 13.1. The normalized spacial score (nSPS) is 10.9. The molecule has 20 heavy (non-hydrogen) atoms. The van der Waals surface area contributed by atoms with Gasteiger partial charge in [0, 0.05) is 16.9 Å². The van der Waals surface area contributed by atoms with Gasteiger partial charge < -0.3 is 0 Å². The molecule has 0 bridgehead atoms. The van der Waals surface area contributed by atoms with Crippen LogP contribution in [0.4, 0.5) is 0 Å². The minimum Gasteiger partial charge on any atom is -0.268 e. The van der Waals surface area contributed by atoms with Crippen molar-refractivity contribution in [3.63, 3.8) is 0 Å². The molecule has 0 fully saturated rings. The van der Waals surface area contributed by atoms with E-state index in [1.54, 1.807) is 28.9 Å². The smallest absolute Gasteiger partial charge is 0.265 e. The summed E-state index contributed by atoms with van der Waals surface area (Å²) in [4.78, 5) is 16.9. The first-order chi connectivity index (χ1) is 9.58. The quantitative estimate of drug-likeness (QED) is 0.684. The molecule has 2 aromatic heterocycles. The van der Waals surface area contributed by atoms with Gasteiger partial charge in [-0.25, -0.2) is 4.98 Å². The number of fused-ring (bicyclic) bond motifs is 1. The van der Waals surface area contributed by atoms with Crippen LogP contribution in [0.2, 0.25) is 0 Å². The molecule has 3 aromatic rings. The van der Waals surface area contributed by atoms with Gasteiger partial charge in [0.15, 0.2) is 0 Å². The van der Waals surface area contributed by atoms with Crippen LogP contribution in [0.15, 0.2) is 52.0 Å². The molecule has 0 atom stereocenters. The summed E-state index contributed by atoms with van der Waals surface area (Å²) in [6.45, 7) is 5.82. The first-order valence-corrected chi connectivity index (χ1v) is 6.96. The molecule has 0 saturated carbocycles. The average Bonchev–Trinajstić information content (AvgIpc) is 2.43. The predicted octanol–water partition coefficient (Wildman–Crippen LogP) is 3.61. The highest BCUT2D eigenvalue weighted by molar-refractivity contribution is 9.10. The Hall–Kier alpha value is -1.94. The Kier molecular flexibility index (Phi) is 3.18. The standard InChI is InChI=1S/C16H12BrN2O/c1-10-6-7-19-15(8-10)18-9-13(16(19)20)12-4-3-5-14(17)11(12)2/h3-9H,1H2,2H3. The maximum atomic E-state index is 12.6. The molecule has 0 aliphatic rings. The predicted molar refractivity (Wildman–Crippen MR) is 83.8 cm³/mol. The number of benzene rings is 1. The SMILES string of the molecule is [CH2]c1ccn2c(=O)c(-c3cccc(Br)c3C)cnc2c1. The molecule has 0 unspecified atom stereocenters. The molecule has 99 valence electrons. The van der Waals surface area contributed by atoms with Gasteiger partial charge in [0.1, 0.15) is 5.65 Å². The van der Waals surface area contributed by atoms with Gasteiger partial charge in [-0.05, 0) is 48.7 Å². The minimum atomic E-state index is -0.0730. The third kappa shape index (κ3) is 2.06. The van der Waals surface area contributed by atoms with E-state index in [2.05, 4.69) is 27.8 Å². The van der Waals surface area contributed by atoms with E-state index in [1.807, 2.05) is 25.1 Å². The van der Waals surface area contributed by atoms with Crippen LogP contribution in [0.25, 0.3) is 16.8 Å². The van der Waals surface area contributed by atoms with Crippen molar-refractivity contribution in [1.29, 1.82) is 0 Å². The van der Waals surface area contributed by atoms with Crippen LogP contribution >= 0.6 is 15.9 Å². The second kappa shape index (κ2) is 4.87. The highest BCUT2D eigenvalue weighted by atomic mass is 79.9. The molecule has 4 heteroatoms. The zero-order valence-corrected chi connectivity index (χ0v) is 12.5. The van der Waals surface area contributed by atoms with Crippen LogP contribution in [0.1, 0.15) is 11.1 Å². The van der Waals surface area contributed by atoms with Crippen molar-refractivity contribution in [3.8, 4) is 11.1 Å². The molecule has 0 aliphatic carbocycles. The van der Waals surface area contributed by atoms with Crippen molar-refractivity contribution in [1.82, 2.24) is 9.38 Å². The Bertz CT molecular complexity index is 868. The van der Waals surface area contributed by atoms with E-state index in [1.165, 1.54) is 0 Å². The number of nitrogens with zero attached hydrogens (tertiary/aromatic N) is 2. The number of halogens is 1. The van der Waals surface area contributed by atoms with Gasteiger partial charge in [0.2, 0.25) is 0 Å². The fraction of sp³-hybridized carbons (Fsp3) is 0.0625. The van der Waals surface area contributed by atoms with E-state index in [-0.39, 0.29) is 5.56 Å². The Morgan fingerprint density at radius 2 is 2.05 bits per heavy atom. The van der Waals surface area contributed by atoms with Crippen LogP contribution < -0.4 is 5.56 Å². The molecule has 0 aliphatic heterocycles. The number of aromatic nitrogens is 2. The van der Waals surface area contributed by atoms with Crippen molar-refractivity contribution >= 4 is 21.6 Å². The van der Waals surface area contributed by atoms with Crippen LogP contribution in [0, 0.1) is 13.8 Å². The van der Waals surface area contributed by atoms with Crippen molar-refractivity contribution in [2.45, 2.75) is 6.92 Å². The summed E-state index contributed by atoms with van der Waals surface area (Å²) in [5, 5.41) is 0. The van der Waals surface area contributed by atoms with E-state index in [9.17, 15) is 4.79 Å². The fourth-order valence-electron chi connectivity index (χ4n) is 2.20. The molecule has 1 radical (unpaired) electrons. The topological polar surface area (TPSA) is 34.4 Å². The summed E-state index contributed by atoms with van der Waals surface area (Å²) in [6.07, 6.45) is 3.34. The monoisotopic (exact) mass is 327 g/mol. The summed E-state index contributed by atoms with van der Waals surface area (Å²) in [7, 11) is 0. The van der Waals surface area contributed by atoms with E-state index in [4.69, 9.17) is 0 Å². The lowest BCUT2D eigenvalue weighted by molar-refractivity contribution is 1.04. The van der Waals surface area contributed by atoms with Gasteiger partial charge in [-0.2, -0.15) is 0 Å². The van der Waals surface area contributed by atoms with Crippen molar-refractivity contribution in [2.75, 3.05) is 0 Å². The van der Waals surface area contributed by atoms with Gasteiger partial charge >= 0.3 is 0 Å². The number of rotatable bonds is 1. The maximum absolute atomic E-state index is 12.6. The zero-order chi connectivity index (χ0) is 14.3. The lowest BCUT2D eigenvalue weighted by Gasteiger charge is -2.08. The Labute approximate surface area is 125 Å². The lowest BCUT2D eigenvalue weighted by atomic mass is 10.0. The fourth-order valence-corrected chi connectivity index (χ4v) is 2.57. The summed E-state index contributed by atoms with van der Waals surface area (Å²) in [6, 6.07) is 9.40. The van der Waals surface area contributed by atoms with Crippen molar-refractivity contribution in [3.05, 3.63) is 75.6 Å². The molecule has 0 amide bonds. The first-order valence-electron chi connectivity index (χ1n) is 6.17. The molecule has 1 aromatic carbocycles. The molecule has 2 heterocycles. The number of pyridine rings is 1. The van der Waals surface area contributed by atoms with Crippen LogP contribution in [0.5, 0.6) is 0 Å². The lowest BCUT2D eigenvalue weighted by Crippen LogP contribution is -2.17. The third-order valence-corrected chi connectivity index (χ3v) is 4.19. The Balaban J connectivity index is 2.33. The second-order valence-electron chi connectivity index (χ2n) is 4.65. The highest BCUT2D eigenvalue weighted by Gasteiger charge is 2.10. The third-order valence-electron chi connectivity index (χ3n) is 3.33. The number of hydrogen-bond acceptors (Lipinski definition) is 2. The van der Waals surface area contributed by atoms with Crippen molar-refractivity contribution in [2.24, 2.45) is 0 Å². The van der Waals surface area contributed by atoms with Crippen molar-refractivity contribution < 1.29 is 0 Å². The van der Waals surface area contributed by atoms with E-state index < -0.39 is 0 Å². The van der Waals surface area contributed by atoms with Gasteiger partial charge in [0.05, 0.1) is 5.56 Å². The molecule has 0 saturated heterocycles. The largest absolute Gasteiger partial charge is 0.268 e. The second-order valence-corrected chi connectivity index (χ2v) is 5.51. The van der Waals surface area contributed by atoms with Crippen LogP contribution in [-0.4, -0.2) is 9.38 Å². The zero-order valence-electron chi connectivity index (χ0n) is 10.9. The summed E-state index contributed by atoms with van der Waals surface area (Å²) in [5.74, 6) is 0. The molecule has 3 rings (SSSR count). The van der Waals surface area contributed by atoms with Gasteiger partial charge in [-0.15, -0.1) is 0 Å². The summed E-state index contributed by atoms with van der Waals surface area (Å²) < 4.78 is 2.53. The Morgan fingerprint density at radius 1 is 1.25 bits per heavy atom. The van der Waals surface area contributed by atoms with Crippen LogP contribution in [-0.2, 0) is 0 Å². The van der Waals surface area contributed by atoms with Gasteiger partial charge in [-0.3, -0.25) is 9.20 Å². The maximum Gasteiger partial charge on any atom is 0.265 e. The number of hydrogen-bond donors (Lipinski definition) is 0. The van der Waals surface area contributed by atoms with E-state index in [0.29, 0.717) is 11.2 Å². The Morgan fingerprint density at radius 3 is 2.85 bits per heavy atom. The van der Waals surface area contributed by atoms with E-state index in [0.717, 1.165) is 21.2 Å². The molecule has 0 spiro atoms. The average molecular weight is 328 g/mol. The molecular weight excluding hydrogens is 316 g/mol.